The van der Waals surface area contributed by atoms with Gasteiger partial charge in [-0.25, -0.2) is 0 Å². The first-order valence-electron chi connectivity index (χ1n) is 5.95. The molecule has 0 fully saturated rings. The Morgan fingerprint density at radius 2 is 1.89 bits per heavy atom. The molecule has 0 unspecified atom stereocenters. The molecular formula is C15H15ClN2O. The van der Waals surface area contributed by atoms with E-state index in [1.807, 2.05) is 30.3 Å². The van der Waals surface area contributed by atoms with E-state index in [9.17, 15) is 4.79 Å². The second-order valence-electron chi connectivity index (χ2n) is 4.34. The molecule has 0 spiro atoms. The summed E-state index contributed by atoms with van der Waals surface area (Å²) in [6.07, 6.45) is 0. The summed E-state index contributed by atoms with van der Waals surface area (Å²) in [5.41, 5.74) is 8.89. The lowest BCUT2D eigenvalue weighted by atomic mass is 10.1. The number of carbonyl (C=O) groups is 1. The number of anilines is 2. The molecule has 0 saturated carbocycles. The van der Waals surface area contributed by atoms with Gasteiger partial charge in [-0.15, -0.1) is 0 Å². The number of hydrogen-bond acceptors (Lipinski definition) is 3. The van der Waals surface area contributed by atoms with Crippen molar-refractivity contribution in [1.82, 2.24) is 0 Å². The molecule has 0 heterocycles. The van der Waals surface area contributed by atoms with Gasteiger partial charge in [0.2, 0.25) is 0 Å². The Labute approximate surface area is 117 Å². The summed E-state index contributed by atoms with van der Waals surface area (Å²) in [5, 5.41) is 3.97. The highest BCUT2D eigenvalue weighted by Crippen LogP contribution is 2.19. The van der Waals surface area contributed by atoms with Crippen LogP contribution in [-0.4, -0.2) is 5.78 Å². The lowest BCUT2D eigenvalue weighted by Gasteiger charge is -2.09. The van der Waals surface area contributed by atoms with Crippen molar-refractivity contribution in [1.29, 1.82) is 0 Å². The van der Waals surface area contributed by atoms with Crippen LogP contribution < -0.4 is 11.1 Å². The number of nitrogens with two attached hydrogens (primary N) is 1. The molecule has 4 heteroatoms. The Morgan fingerprint density at radius 3 is 2.47 bits per heavy atom. The zero-order valence-corrected chi connectivity index (χ0v) is 11.4. The summed E-state index contributed by atoms with van der Waals surface area (Å²) < 4.78 is 0. The van der Waals surface area contributed by atoms with E-state index in [0.717, 1.165) is 16.3 Å². The number of hydrogen-bond donors (Lipinski definition) is 2. The van der Waals surface area contributed by atoms with Crippen LogP contribution in [0.1, 0.15) is 22.8 Å². The van der Waals surface area contributed by atoms with Gasteiger partial charge in [0.15, 0.2) is 5.78 Å². The quantitative estimate of drug-likeness (QED) is 0.660. The average Bonchev–Trinajstić information content (AvgIpc) is 2.37. The Morgan fingerprint density at radius 1 is 1.21 bits per heavy atom. The van der Waals surface area contributed by atoms with Gasteiger partial charge in [0.1, 0.15) is 0 Å². The van der Waals surface area contributed by atoms with Gasteiger partial charge in [0, 0.05) is 28.5 Å². The fourth-order valence-corrected chi connectivity index (χ4v) is 1.93. The van der Waals surface area contributed by atoms with Crippen LogP contribution in [0.5, 0.6) is 0 Å². The van der Waals surface area contributed by atoms with E-state index in [-0.39, 0.29) is 5.78 Å². The number of nitrogens with one attached hydrogen (secondary N) is 1. The first kappa shape index (κ1) is 13.4. The molecule has 0 amide bonds. The maximum atomic E-state index is 11.3. The van der Waals surface area contributed by atoms with E-state index in [2.05, 4.69) is 5.32 Å². The van der Waals surface area contributed by atoms with Crippen molar-refractivity contribution < 1.29 is 4.79 Å². The van der Waals surface area contributed by atoms with E-state index in [4.69, 9.17) is 17.3 Å². The van der Waals surface area contributed by atoms with Crippen LogP contribution in [0.2, 0.25) is 5.02 Å². The van der Waals surface area contributed by atoms with Crippen molar-refractivity contribution in [2.45, 2.75) is 13.5 Å². The third kappa shape index (κ3) is 3.48. The van der Waals surface area contributed by atoms with Gasteiger partial charge in [-0.2, -0.15) is 0 Å². The first-order valence-corrected chi connectivity index (χ1v) is 6.33. The SMILES string of the molecule is CC(=O)c1ccc(NCc2ccc(Cl)cc2)cc1N. The summed E-state index contributed by atoms with van der Waals surface area (Å²) in [6, 6.07) is 13.0. The predicted octanol–water partition coefficient (Wildman–Crippen LogP) is 3.74. The number of Topliss-reactive ketones (excluding diaryl/α,β-unsaturated/α-hetero) is 1. The van der Waals surface area contributed by atoms with Gasteiger partial charge in [-0.05, 0) is 42.8 Å². The van der Waals surface area contributed by atoms with Crippen molar-refractivity contribution in [2.75, 3.05) is 11.1 Å². The third-order valence-corrected chi connectivity index (χ3v) is 3.09. The number of carbonyl (C=O) groups excluding carboxylic acids is 1. The zero-order valence-electron chi connectivity index (χ0n) is 10.6. The van der Waals surface area contributed by atoms with Crippen molar-refractivity contribution in [3.8, 4) is 0 Å². The molecule has 98 valence electrons. The highest BCUT2D eigenvalue weighted by atomic mass is 35.5. The van der Waals surface area contributed by atoms with Crippen molar-refractivity contribution in [3.63, 3.8) is 0 Å². The fourth-order valence-electron chi connectivity index (χ4n) is 1.80. The van der Waals surface area contributed by atoms with Crippen molar-refractivity contribution in [2.24, 2.45) is 0 Å². The molecule has 0 atom stereocenters. The van der Waals surface area contributed by atoms with Gasteiger partial charge in [0.25, 0.3) is 0 Å². The van der Waals surface area contributed by atoms with Crippen LogP contribution in [0.4, 0.5) is 11.4 Å². The highest BCUT2D eigenvalue weighted by Gasteiger charge is 2.05. The lowest BCUT2D eigenvalue weighted by Crippen LogP contribution is -2.03. The van der Waals surface area contributed by atoms with Gasteiger partial charge in [-0.1, -0.05) is 23.7 Å². The number of benzene rings is 2. The minimum atomic E-state index is -0.0262. The Balaban J connectivity index is 2.06. The molecule has 2 aromatic carbocycles. The Kier molecular flexibility index (Phi) is 4.07. The van der Waals surface area contributed by atoms with Crippen molar-refractivity contribution in [3.05, 3.63) is 58.6 Å². The monoisotopic (exact) mass is 274 g/mol. The van der Waals surface area contributed by atoms with Crippen LogP contribution in [0.3, 0.4) is 0 Å². The first-order chi connectivity index (χ1) is 9.06. The summed E-state index contributed by atoms with van der Waals surface area (Å²) in [4.78, 5) is 11.3. The van der Waals surface area contributed by atoms with E-state index in [0.29, 0.717) is 17.8 Å². The van der Waals surface area contributed by atoms with Crippen molar-refractivity contribution >= 4 is 28.8 Å². The van der Waals surface area contributed by atoms with Crippen LogP contribution in [0.15, 0.2) is 42.5 Å². The molecule has 2 aromatic rings. The summed E-state index contributed by atoms with van der Waals surface area (Å²) in [5.74, 6) is -0.0262. The van der Waals surface area contributed by atoms with Crippen LogP contribution in [0.25, 0.3) is 0 Å². The standard InChI is InChI=1S/C15H15ClN2O/c1-10(19)14-7-6-13(8-15(14)17)18-9-11-2-4-12(16)5-3-11/h2-8,18H,9,17H2,1H3. The summed E-state index contributed by atoms with van der Waals surface area (Å²) in [6.45, 7) is 2.18. The topological polar surface area (TPSA) is 55.1 Å². The normalized spacial score (nSPS) is 10.2. The van der Waals surface area contributed by atoms with Gasteiger partial charge < -0.3 is 11.1 Å². The smallest absolute Gasteiger partial charge is 0.161 e. The Bertz CT molecular complexity index is 594. The van der Waals surface area contributed by atoms with E-state index in [1.54, 1.807) is 12.1 Å². The molecule has 0 aromatic heterocycles. The average molecular weight is 275 g/mol. The second kappa shape index (κ2) is 5.76. The number of ketones is 1. The fraction of sp³-hybridized carbons (Fsp3) is 0.133. The summed E-state index contributed by atoms with van der Waals surface area (Å²) >= 11 is 5.83. The molecule has 0 radical (unpaired) electrons. The second-order valence-corrected chi connectivity index (χ2v) is 4.77. The number of halogens is 1. The minimum absolute atomic E-state index is 0.0262. The molecule has 0 bridgehead atoms. The van der Waals surface area contributed by atoms with Crippen LogP contribution >= 0.6 is 11.6 Å². The van der Waals surface area contributed by atoms with Gasteiger partial charge in [0.05, 0.1) is 0 Å². The van der Waals surface area contributed by atoms with Crippen LogP contribution in [0, 0.1) is 0 Å². The number of rotatable bonds is 4. The minimum Gasteiger partial charge on any atom is -0.398 e. The van der Waals surface area contributed by atoms with Crippen LogP contribution in [-0.2, 0) is 6.54 Å². The van der Waals surface area contributed by atoms with E-state index >= 15 is 0 Å². The molecule has 0 aliphatic carbocycles. The molecule has 2 rings (SSSR count). The third-order valence-electron chi connectivity index (χ3n) is 2.84. The molecule has 0 aliphatic heterocycles. The van der Waals surface area contributed by atoms with Gasteiger partial charge >= 0.3 is 0 Å². The number of nitrogen functional groups attached to an aromatic ring is 1. The van der Waals surface area contributed by atoms with E-state index in [1.165, 1.54) is 6.92 Å². The predicted molar refractivity (Wildman–Crippen MR) is 79.6 cm³/mol. The largest absolute Gasteiger partial charge is 0.398 e. The van der Waals surface area contributed by atoms with Gasteiger partial charge in [-0.3, -0.25) is 4.79 Å². The highest BCUT2D eigenvalue weighted by molar-refractivity contribution is 6.30. The zero-order chi connectivity index (χ0) is 13.8. The molecule has 3 N–H and O–H groups in total. The van der Waals surface area contributed by atoms with E-state index < -0.39 is 0 Å². The molecule has 0 aliphatic rings. The molecule has 3 nitrogen and oxygen atoms in total. The maximum Gasteiger partial charge on any atom is 0.161 e. The molecule has 0 saturated heterocycles. The lowest BCUT2D eigenvalue weighted by molar-refractivity contribution is 0.101. The maximum absolute atomic E-state index is 11.3. The molecular weight excluding hydrogens is 260 g/mol. The summed E-state index contributed by atoms with van der Waals surface area (Å²) in [7, 11) is 0. The molecule has 19 heavy (non-hydrogen) atoms. The Hall–Kier alpha value is -2.00.